The van der Waals surface area contributed by atoms with Crippen LogP contribution in [0.3, 0.4) is 0 Å². The van der Waals surface area contributed by atoms with Crippen LogP contribution in [0.1, 0.15) is 5.82 Å². The monoisotopic (exact) mass is 299 g/mol. The number of hydrogen-bond acceptors (Lipinski definition) is 5. The fourth-order valence-corrected chi connectivity index (χ4v) is 3.24. The summed E-state index contributed by atoms with van der Waals surface area (Å²) in [6, 6.07) is 9.94. The maximum absolute atomic E-state index is 10.7. The van der Waals surface area contributed by atoms with E-state index in [1.54, 1.807) is 12.2 Å². The number of hydrogen-bond donors (Lipinski definition) is 1. The van der Waals surface area contributed by atoms with Crippen LogP contribution in [-0.2, 0) is 4.79 Å². The van der Waals surface area contributed by atoms with Crippen molar-refractivity contribution in [3.8, 4) is 11.1 Å². The summed E-state index contributed by atoms with van der Waals surface area (Å²) in [5, 5.41) is 15.2. The Morgan fingerprint density at radius 1 is 1.29 bits per heavy atom. The number of aromatic nitrogens is 2. The molecule has 0 spiro atoms. The normalized spacial score (nSPS) is 10.9. The van der Waals surface area contributed by atoms with E-state index in [2.05, 4.69) is 9.97 Å². The Labute approximate surface area is 125 Å². The number of thiophene rings is 1. The van der Waals surface area contributed by atoms with Crippen molar-refractivity contribution in [1.82, 2.24) is 9.97 Å². The zero-order valence-electron chi connectivity index (χ0n) is 11.4. The van der Waals surface area contributed by atoms with Crippen molar-refractivity contribution < 1.29 is 15.2 Å². The van der Waals surface area contributed by atoms with Crippen molar-refractivity contribution in [3.05, 3.63) is 41.5 Å². The molecular weight excluding hydrogens is 286 g/mol. The lowest BCUT2D eigenvalue weighted by Gasteiger charge is -2.05. The maximum Gasteiger partial charge on any atom is 0.237 e. The molecule has 0 atom stereocenters. The van der Waals surface area contributed by atoms with Crippen LogP contribution in [0.5, 0.6) is 0 Å². The number of quaternary nitrogens is 1. The van der Waals surface area contributed by atoms with E-state index in [-0.39, 0.29) is 6.54 Å². The topological polar surface area (TPSA) is 82.5 Å². The van der Waals surface area contributed by atoms with Crippen LogP contribution in [0.25, 0.3) is 21.3 Å². The summed E-state index contributed by atoms with van der Waals surface area (Å²) < 4.78 is 0. The molecule has 2 aromatic heterocycles. The first-order chi connectivity index (χ1) is 10.1. The smallest absolute Gasteiger partial charge is 0.237 e. The molecule has 0 saturated heterocycles. The minimum Gasteiger partial charge on any atom is -0.544 e. The minimum atomic E-state index is -1.11. The molecular formula is C15H13N3O2S. The Morgan fingerprint density at radius 2 is 2.05 bits per heavy atom. The van der Waals surface area contributed by atoms with E-state index in [0.29, 0.717) is 11.6 Å². The number of carboxylic acids is 1. The summed E-state index contributed by atoms with van der Waals surface area (Å²) in [7, 11) is 0. The Kier molecular flexibility index (Phi) is 3.64. The second-order valence-corrected chi connectivity index (χ2v) is 5.49. The van der Waals surface area contributed by atoms with Gasteiger partial charge in [0.05, 0.1) is 5.97 Å². The SMILES string of the molecule is Cc1nc([NH2+]CC(=O)[O-])c2c(-c3ccccc3)csc2n1. The molecule has 0 aliphatic carbocycles. The molecule has 0 aliphatic heterocycles. The molecule has 2 N–H and O–H groups in total. The van der Waals surface area contributed by atoms with Gasteiger partial charge in [-0.2, -0.15) is 4.98 Å². The van der Waals surface area contributed by atoms with Gasteiger partial charge in [-0.25, -0.2) is 4.98 Å². The van der Waals surface area contributed by atoms with E-state index in [9.17, 15) is 9.90 Å². The van der Waals surface area contributed by atoms with E-state index in [0.717, 1.165) is 21.3 Å². The highest BCUT2D eigenvalue weighted by Gasteiger charge is 2.16. The molecule has 0 unspecified atom stereocenters. The van der Waals surface area contributed by atoms with E-state index < -0.39 is 5.97 Å². The standard InChI is InChI=1S/C15H13N3O2S/c1-9-17-14(16-7-12(19)20)13-11(8-21-15(13)18-9)10-5-3-2-4-6-10/h2-6,8H,7H2,1H3,(H,19,20)(H,16,17,18). The molecule has 2 heterocycles. The van der Waals surface area contributed by atoms with E-state index in [4.69, 9.17) is 0 Å². The highest BCUT2D eigenvalue weighted by molar-refractivity contribution is 7.17. The molecule has 3 rings (SSSR count). The van der Waals surface area contributed by atoms with E-state index >= 15 is 0 Å². The van der Waals surface area contributed by atoms with Crippen molar-refractivity contribution in [2.75, 3.05) is 6.54 Å². The summed E-state index contributed by atoms with van der Waals surface area (Å²) in [5.74, 6) is 0.172. The van der Waals surface area contributed by atoms with E-state index in [1.807, 2.05) is 35.7 Å². The van der Waals surface area contributed by atoms with Crippen molar-refractivity contribution in [1.29, 1.82) is 0 Å². The zero-order chi connectivity index (χ0) is 14.8. The summed E-state index contributed by atoms with van der Waals surface area (Å²) in [6.07, 6.45) is 0. The minimum absolute atomic E-state index is 0.157. The van der Waals surface area contributed by atoms with Gasteiger partial charge in [-0.05, 0) is 12.5 Å². The average Bonchev–Trinajstić information content (AvgIpc) is 2.89. The number of fused-ring (bicyclic) bond motifs is 1. The molecule has 1 aromatic carbocycles. The third-order valence-electron chi connectivity index (χ3n) is 3.12. The summed E-state index contributed by atoms with van der Waals surface area (Å²) in [6.45, 7) is 1.65. The molecule has 3 aromatic rings. The number of aliphatic carboxylic acids is 1. The van der Waals surface area contributed by atoms with Gasteiger partial charge in [0.2, 0.25) is 5.82 Å². The lowest BCUT2D eigenvalue weighted by Crippen LogP contribution is -2.81. The first-order valence-electron chi connectivity index (χ1n) is 6.49. The van der Waals surface area contributed by atoms with Gasteiger partial charge in [0.1, 0.15) is 22.6 Å². The number of benzene rings is 1. The number of nitrogens with two attached hydrogens (primary N) is 1. The Morgan fingerprint density at radius 3 is 2.76 bits per heavy atom. The molecule has 0 radical (unpaired) electrons. The lowest BCUT2D eigenvalue weighted by atomic mass is 10.1. The van der Waals surface area contributed by atoms with Gasteiger partial charge in [-0.15, -0.1) is 11.3 Å². The van der Waals surface area contributed by atoms with Crippen LogP contribution in [0.15, 0.2) is 35.7 Å². The van der Waals surface area contributed by atoms with Crippen LogP contribution < -0.4 is 10.4 Å². The summed E-state index contributed by atoms with van der Waals surface area (Å²) in [5.41, 5.74) is 2.10. The lowest BCUT2D eigenvalue weighted by molar-refractivity contribution is -0.571. The van der Waals surface area contributed by atoms with Gasteiger partial charge in [-0.1, -0.05) is 30.3 Å². The fraction of sp³-hybridized carbons (Fsp3) is 0.133. The first-order valence-corrected chi connectivity index (χ1v) is 7.37. The Bertz CT molecular complexity index is 799. The van der Waals surface area contributed by atoms with Crippen LogP contribution in [0, 0.1) is 6.92 Å². The predicted octanol–water partition coefficient (Wildman–Crippen LogP) is 0.612. The zero-order valence-corrected chi connectivity index (χ0v) is 12.2. The maximum atomic E-state index is 10.7. The van der Waals surface area contributed by atoms with Gasteiger partial charge >= 0.3 is 0 Å². The molecule has 0 amide bonds. The number of carbonyl (C=O) groups is 1. The van der Waals surface area contributed by atoms with Crippen LogP contribution in [-0.4, -0.2) is 22.5 Å². The third-order valence-corrected chi connectivity index (χ3v) is 3.99. The van der Waals surface area contributed by atoms with Crippen molar-refractivity contribution >= 4 is 33.3 Å². The van der Waals surface area contributed by atoms with Crippen molar-refractivity contribution in [2.45, 2.75) is 6.92 Å². The molecule has 21 heavy (non-hydrogen) atoms. The third kappa shape index (κ3) is 2.76. The Balaban J connectivity index is 2.16. The second-order valence-electron chi connectivity index (χ2n) is 4.63. The molecule has 5 nitrogen and oxygen atoms in total. The highest BCUT2D eigenvalue weighted by atomic mass is 32.1. The number of carboxylic acid groups (broad SMARTS) is 1. The molecule has 0 bridgehead atoms. The van der Waals surface area contributed by atoms with Crippen LogP contribution in [0.4, 0.5) is 5.82 Å². The summed E-state index contributed by atoms with van der Waals surface area (Å²) >= 11 is 1.54. The van der Waals surface area contributed by atoms with Crippen LogP contribution in [0.2, 0.25) is 0 Å². The van der Waals surface area contributed by atoms with Crippen LogP contribution >= 0.6 is 11.3 Å². The molecule has 0 fully saturated rings. The number of nitrogens with zero attached hydrogens (tertiary/aromatic N) is 2. The molecule has 6 heteroatoms. The van der Waals surface area contributed by atoms with Crippen molar-refractivity contribution in [2.24, 2.45) is 0 Å². The van der Waals surface area contributed by atoms with Gasteiger partial charge in [0.15, 0.2) is 0 Å². The van der Waals surface area contributed by atoms with E-state index in [1.165, 1.54) is 11.3 Å². The second kappa shape index (κ2) is 5.59. The van der Waals surface area contributed by atoms with Gasteiger partial charge in [-0.3, -0.25) is 5.32 Å². The average molecular weight is 299 g/mol. The number of carbonyl (C=O) groups excluding carboxylic acids is 1. The summed E-state index contributed by atoms with van der Waals surface area (Å²) in [4.78, 5) is 20.4. The quantitative estimate of drug-likeness (QED) is 0.765. The fourth-order valence-electron chi connectivity index (χ4n) is 2.24. The number of aryl methyl sites for hydroxylation is 1. The number of rotatable bonds is 4. The Hall–Kier alpha value is -2.31. The largest absolute Gasteiger partial charge is 0.544 e. The van der Waals surface area contributed by atoms with Gasteiger partial charge in [0, 0.05) is 10.9 Å². The molecule has 106 valence electrons. The predicted molar refractivity (Wildman–Crippen MR) is 79.0 cm³/mol. The molecule has 0 aliphatic rings. The van der Waals surface area contributed by atoms with Gasteiger partial charge < -0.3 is 9.90 Å². The first kappa shape index (κ1) is 13.7. The molecule has 0 saturated carbocycles. The highest BCUT2D eigenvalue weighted by Crippen LogP contribution is 2.35. The van der Waals surface area contributed by atoms with Crippen molar-refractivity contribution in [3.63, 3.8) is 0 Å². The van der Waals surface area contributed by atoms with Gasteiger partial charge in [0.25, 0.3) is 0 Å².